The van der Waals surface area contributed by atoms with E-state index in [1.165, 1.54) is 0 Å². The Morgan fingerprint density at radius 3 is 2.95 bits per heavy atom. The number of fused-ring (bicyclic) bond motifs is 1. The van der Waals surface area contributed by atoms with Crippen molar-refractivity contribution < 1.29 is 9.53 Å². The van der Waals surface area contributed by atoms with Gasteiger partial charge in [0.25, 0.3) is 11.5 Å². The molecule has 0 bridgehead atoms. The molecule has 1 aromatic carbocycles. The molecule has 3 rings (SSSR count). The van der Waals surface area contributed by atoms with Crippen LogP contribution in [0.5, 0.6) is 0 Å². The number of rotatable bonds is 3. The van der Waals surface area contributed by atoms with Crippen molar-refractivity contribution in [2.45, 2.75) is 25.4 Å². The summed E-state index contributed by atoms with van der Waals surface area (Å²) in [6.45, 7) is 1.31. The highest BCUT2D eigenvalue weighted by atomic mass is 16.5. The van der Waals surface area contributed by atoms with E-state index >= 15 is 0 Å². The Hall–Kier alpha value is -2.14. The SMILES string of the molecule is CN(CC1CCCCO1)C(=O)c1cc2ccccc2c(=O)[nH]1. The van der Waals surface area contributed by atoms with Crippen LogP contribution in [-0.4, -0.2) is 42.1 Å². The van der Waals surface area contributed by atoms with Gasteiger partial charge >= 0.3 is 0 Å². The maximum absolute atomic E-state index is 12.5. The van der Waals surface area contributed by atoms with Crippen LogP contribution in [0.25, 0.3) is 10.8 Å². The van der Waals surface area contributed by atoms with Crippen molar-refractivity contribution in [2.75, 3.05) is 20.2 Å². The van der Waals surface area contributed by atoms with Crippen molar-refractivity contribution >= 4 is 16.7 Å². The highest BCUT2D eigenvalue weighted by Crippen LogP contribution is 2.15. The predicted molar refractivity (Wildman–Crippen MR) is 85.1 cm³/mol. The second-order valence-electron chi connectivity index (χ2n) is 5.77. The van der Waals surface area contributed by atoms with E-state index in [1.54, 1.807) is 24.1 Å². The Labute approximate surface area is 128 Å². The molecule has 5 nitrogen and oxygen atoms in total. The number of likely N-dealkylation sites (N-methyl/N-ethyl adjacent to an activating group) is 1. The molecule has 1 unspecified atom stereocenters. The highest BCUT2D eigenvalue weighted by Gasteiger charge is 2.20. The third-order valence-electron chi connectivity index (χ3n) is 4.08. The molecule has 0 radical (unpaired) electrons. The fraction of sp³-hybridized carbons (Fsp3) is 0.412. The van der Waals surface area contributed by atoms with Crippen LogP contribution >= 0.6 is 0 Å². The van der Waals surface area contributed by atoms with E-state index in [1.807, 2.05) is 18.2 Å². The van der Waals surface area contributed by atoms with Crippen molar-refractivity contribution in [2.24, 2.45) is 0 Å². The van der Waals surface area contributed by atoms with Crippen LogP contribution in [0.2, 0.25) is 0 Å². The Morgan fingerprint density at radius 2 is 2.18 bits per heavy atom. The van der Waals surface area contributed by atoms with Crippen LogP contribution in [0.3, 0.4) is 0 Å². The fourth-order valence-corrected chi connectivity index (χ4v) is 2.87. The van der Waals surface area contributed by atoms with Gasteiger partial charge in [0, 0.05) is 25.6 Å². The monoisotopic (exact) mass is 300 g/mol. The van der Waals surface area contributed by atoms with Gasteiger partial charge in [-0.3, -0.25) is 9.59 Å². The van der Waals surface area contributed by atoms with E-state index in [2.05, 4.69) is 4.98 Å². The van der Waals surface area contributed by atoms with Crippen molar-refractivity contribution in [1.82, 2.24) is 9.88 Å². The Morgan fingerprint density at radius 1 is 1.36 bits per heavy atom. The summed E-state index contributed by atoms with van der Waals surface area (Å²) in [5, 5.41) is 1.37. The molecule has 1 aromatic heterocycles. The number of nitrogens with zero attached hydrogens (tertiary/aromatic N) is 1. The summed E-state index contributed by atoms with van der Waals surface area (Å²) < 4.78 is 5.66. The lowest BCUT2D eigenvalue weighted by Gasteiger charge is -2.27. The lowest BCUT2D eigenvalue weighted by molar-refractivity contribution is -0.000290. The third-order valence-corrected chi connectivity index (χ3v) is 4.08. The average molecular weight is 300 g/mol. The first-order valence-electron chi connectivity index (χ1n) is 7.64. The van der Waals surface area contributed by atoms with Gasteiger partial charge in [0.15, 0.2) is 0 Å². The lowest BCUT2D eigenvalue weighted by atomic mass is 10.1. The number of amides is 1. The third kappa shape index (κ3) is 3.04. The summed E-state index contributed by atoms with van der Waals surface area (Å²) >= 11 is 0. The fourth-order valence-electron chi connectivity index (χ4n) is 2.87. The summed E-state index contributed by atoms with van der Waals surface area (Å²) in [6.07, 6.45) is 3.30. The number of hydrogen-bond acceptors (Lipinski definition) is 3. The zero-order chi connectivity index (χ0) is 15.5. The maximum atomic E-state index is 12.5. The molecule has 0 spiro atoms. The number of hydrogen-bond donors (Lipinski definition) is 1. The molecule has 1 amide bonds. The Kier molecular flexibility index (Phi) is 4.24. The molecule has 1 aliphatic heterocycles. The van der Waals surface area contributed by atoms with Gasteiger partial charge in [0.1, 0.15) is 5.69 Å². The second kappa shape index (κ2) is 6.32. The number of aromatic amines is 1. The first kappa shape index (κ1) is 14.8. The van der Waals surface area contributed by atoms with E-state index in [0.717, 1.165) is 31.3 Å². The standard InChI is InChI=1S/C17H20N2O3/c1-19(11-13-7-4-5-9-22-13)17(21)15-10-12-6-2-3-8-14(12)16(20)18-15/h2-3,6,8,10,13H,4-5,7,9,11H2,1H3,(H,18,20). The zero-order valence-electron chi connectivity index (χ0n) is 12.7. The molecule has 2 heterocycles. The largest absolute Gasteiger partial charge is 0.376 e. The molecule has 1 N–H and O–H groups in total. The van der Waals surface area contributed by atoms with Crippen LogP contribution in [0.4, 0.5) is 0 Å². The number of benzene rings is 1. The number of pyridine rings is 1. The van der Waals surface area contributed by atoms with Crippen molar-refractivity contribution in [1.29, 1.82) is 0 Å². The Bertz CT molecular complexity index is 732. The molecule has 1 aliphatic rings. The number of carbonyl (C=O) groups excluding carboxylic acids is 1. The van der Waals surface area contributed by atoms with Gasteiger partial charge in [-0.05, 0) is 36.8 Å². The van der Waals surface area contributed by atoms with Crippen molar-refractivity contribution in [3.8, 4) is 0 Å². The number of aromatic nitrogens is 1. The molecule has 22 heavy (non-hydrogen) atoms. The van der Waals surface area contributed by atoms with Crippen LogP contribution in [0.15, 0.2) is 35.1 Å². The van der Waals surface area contributed by atoms with Gasteiger partial charge in [-0.2, -0.15) is 0 Å². The van der Waals surface area contributed by atoms with Crippen LogP contribution in [-0.2, 0) is 4.74 Å². The topological polar surface area (TPSA) is 62.4 Å². The number of carbonyl (C=O) groups is 1. The molecule has 116 valence electrons. The molecule has 1 atom stereocenters. The number of ether oxygens (including phenoxy) is 1. The van der Waals surface area contributed by atoms with E-state index in [9.17, 15) is 9.59 Å². The quantitative estimate of drug-likeness (QED) is 0.945. The zero-order valence-corrected chi connectivity index (χ0v) is 12.7. The summed E-state index contributed by atoms with van der Waals surface area (Å²) in [6, 6.07) is 8.99. The normalized spacial score (nSPS) is 18.3. The van der Waals surface area contributed by atoms with Crippen LogP contribution in [0, 0.1) is 0 Å². The smallest absolute Gasteiger partial charge is 0.270 e. The van der Waals surface area contributed by atoms with Crippen LogP contribution < -0.4 is 5.56 Å². The summed E-state index contributed by atoms with van der Waals surface area (Å²) in [5.74, 6) is -0.183. The molecule has 0 saturated carbocycles. The maximum Gasteiger partial charge on any atom is 0.270 e. The van der Waals surface area contributed by atoms with Gasteiger partial charge in [0.2, 0.25) is 0 Å². The molecular formula is C17H20N2O3. The van der Waals surface area contributed by atoms with E-state index < -0.39 is 0 Å². The number of H-pyrrole nitrogens is 1. The Balaban J connectivity index is 1.80. The van der Waals surface area contributed by atoms with Crippen LogP contribution in [0.1, 0.15) is 29.8 Å². The molecule has 5 heteroatoms. The highest BCUT2D eigenvalue weighted by molar-refractivity contribution is 5.96. The first-order chi connectivity index (χ1) is 10.6. The minimum Gasteiger partial charge on any atom is -0.376 e. The van der Waals surface area contributed by atoms with Gasteiger partial charge in [-0.1, -0.05) is 18.2 Å². The second-order valence-corrected chi connectivity index (χ2v) is 5.77. The number of nitrogens with one attached hydrogen (secondary N) is 1. The minimum atomic E-state index is -0.233. The first-order valence-corrected chi connectivity index (χ1v) is 7.64. The van der Waals surface area contributed by atoms with Gasteiger partial charge < -0.3 is 14.6 Å². The molecule has 0 aliphatic carbocycles. The summed E-state index contributed by atoms with van der Waals surface area (Å²) in [5.41, 5.74) is 0.0887. The van der Waals surface area contributed by atoms with Gasteiger partial charge in [-0.15, -0.1) is 0 Å². The van der Waals surface area contributed by atoms with Crippen molar-refractivity contribution in [3.05, 3.63) is 46.4 Å². The molecule has 1 fully saturated rings. The van der Waals surface area contributed by atoms with E-state index in [0.29, 0.717) is 17.6 Å². The summed E-state index contributed by atoms with van der Waals surface area (Å²) in [4.78, 5) is 28.9. The molecule has 2 aromatic rings. The van der Waals surface area contributed by atoms with E-state index in [-0.39, 0.29) is 17.6 Å². The lowest BCUT2D eigenvalue weighted by Crippen LogP contribution is -2.37. The van der Waals surface area contributed by atoms with Gasteiger partial charge in [0.05, 0.1) is 6.10 Å². The minimum absolute atomic E-state index is 0.0925. The molecular weight excluding hydrogens is 280 g/mol. The summed E-state index contributed by atoms with van der Waals surface area (Å²) in [7, 11) is 1.74. The van der Waals surface area contributed by atoms with Gasteiger partial charge in [-0.25, -0.2) is 0 Å². The van der Waals surface area contributed by atoms with Crippen molar-refractivity contribution in [3.63, 3.8) is 0 Å². The predicted octanol–water partition coefficient (Wildman–Crippen LogP) is 2.17. The van der Waals surface area contributed by atoms with E-state index in [4.69, 9.17) is 4.74 Å². The molecule has 1 saturated heterocycles. The average Bonchev–Trinajstić information content (AvgIpc) is 2.55.